The standard InChI is InChI=1S/C11H13BrN2O/c1-8(12)7-13-10-4-3-5-11(6-10)14-9(2)15/h3-6,13H,1,7H2,2H3,(H,14,15). The first kappa shape index (κ1) is 11.8. The van der Waals surface area contributed by atoms with Crippen LogP contribution in [0.25, 0.3) is 0 Å². The predicted molar refractivity (Wildman–Crippen MR) is 67.3 cm³/mol. The first-order valence-corrected chi connectivity index (χ1v) is 5.32. The molecule has 0 heterocycles. The van der Waals surface area contributed by atoms with Gasteiger partial charge in [0.05, 0.1) is 0 Å². The van der Waals surface area contributed by atoms with Gasteiger partial charge in [-0.3, -0.25) is 4.79 Å². The molecule has 0 aliphatic carbocycles. The quantitative estimate of drug-likeness (QED) is 0.882. The monoisotopic (exact) mass is 268 g/mol. The van der Waals surface area contributed by atoms with E-state index >= 15 is 0 Å². The van der Waals surface area contributed by atoms with Crippen molar-refractivity contribution in [2.24, 2.45) is 0 Å². The second kappa shape index (κ2) is 5.56. The second-order valence-corrected chi connectivity index (χ2v) is 4.25. The lowest BCUT2D eigenvalue weighted by molar-refractivity contribution is -0.114. The predicted octanol–water partition coefficient (Wildman–Crippen LogP) is 2.97. The number of carbonyl (C=O) groups excluding carboxylic acids is 1. The summed E-state index contributed by atoms with van der Waals surface area (Å²) >= 11 is 3.26. The molecule has 1 aromatic rings. The van der Waals surface area contributed by atoms with E-state index in [-0.39, 0.29) is 5.91 Å². The Morgan fingerprint density at radius 3 is 2.73 bits per heavy atom. The summed E-state index contributed by atoms with van der Waals surface area (Å²) in [4.78, 5) is 10.8. The van der Waals surface area contributed by atoms with Crippen molar-refractivity contribution in [3.05, 3.63) is 35.3 Å². The number of amides is 1. The smallest absolute Gasteiger partial charge is 0.221 e. The summed E-state index contributed by atoms with van der Waals surface area (Å²) in [5.74, 6) is -0.0722. The largest absolute Gasteiger partial charge is 0.380 e. The first-order valence-electron chi connectivity index (χ1n) is 4.53. The molecule has 15 heavy (non-hydrogen) atoms. The lowest BCUT2D eigenvalue weighted by atomic mass is 10.2. The first-order chi connectivity index (χ1) is 7.08. The third-order valence-corrected chi connectivity index (χ3v) is 1.95. The molecule has 0 fully saturated rings. The van der Waals surface area contributed by atoms with Gasteiger partial charge in [0.1, 0.15) is 0 Å². The number of hydrogen-bond acceptors (Lipinski definition) is 2. The van der Waals surface area contributed by atoms with Crippen LogP contribution in [0.15, 0.2) is 35.3 Å². The van der Waals surface area contributed by atoms with Crippen LogP contribution in [0.1, 0.15) is 6.92 Å². The maximum absolute atomic E-state index is 10.8. The Labute approximate surface area is 97.7 Å². The van der Waals surface area contributed by atoms with E-state index in [0.717, 1.165) is 15.9 Å². The Morgan fingerprint density at radius 1 is 1.47 bits per heavy atom. The fourth-order valence-electron chi connectivity index (χ4n) is 1.11. The van der Waals surface area contributed by atoms with Crippen LogP contribution < -0.4 is 10.6 Å². The third kappa shape index (κ3) is 4.65. The molecule has 1 amide bonds. The third-order valence-electron chi connectivity index (χ3n) is 1.67. The zero-order chi connectivity index (χ0) is 11.3. The summed E-state index contributed by atoms with van der Waals surface area (Å²) < 4.78 is 0.882. The molecule has 0 unspecified atom stereocenters. The highest BCUT2D eigenvalue weighted by molar-refractivity contribution is 9.11. The van der Waals surface area contributed by atoms with Gasteiger partial charge < -0.3 is 10.6 Å². The van der Waals surface area contributed by atoms with E-state index < -0.39 is 0 Å². The van der Waals surface area contributed by atoms with Gasteiger partial charge in [-0.25, -0.2) is 0 Å². The topological polar surface area (TPSA) is 41.1 Å². The number of hydrogen-bond donors (Lipinski definition) is 2. The molecule has 80 valence electrons. The number of benzene rings is 1. The molecule has 1 rings (SSSR count). The Hall–Kier alpha value is -1.29. The fourth-order valence-corrected chi connectivity index (χ4v) is 1.25. The summed E-state index contributed by atoms with van der Waals surface area (Å²) in [6.45, 7) is 5.87. The number of anilines is 2. The van der Waals surface area contributed by atoms with Crippen LogP contribution in [-0.4, -0.2) is 12.5 Å². The molecule has 0 aliphatic heterocycles. The van der Waals surface area contributed by atoms with Crippen LogP contribution in [0.3, 0.4) is 0 Å². The van der Waals surface area contributed by atoms with E-state index in [1.165, 1.54) is 6.92 Å². The highest BCUT2D eigenvalue weighted by Crippen LogP contribution is 2.15. The minimum Gasteiger partial charge on any atom is -0.380 e. The van der Waals surface area contributed by atoms with E-state index in [1.54, 1.807) is 0 Å². The molecular formula is C11H13BrN2O. The van der Waals surface area contributed by atoms with Crippen LogP contribution in [0.2, 0.25) is 0 Å². The zero-order valence-electron chi connectivity index (χ0n) is 8.51. The Balaban J connectivity index is 2.65. The van der Waals surface area contributed by atoms with Crippen molar-refractivity contribution in [2.75, 3.05) is 17.2 Å². The minimum absolute atomic E-state index is 0.0722. The van der Waals surface area contributed by atoms with E-state index in [2.05, 4.69) is 33.1 Å². The van der Waals surface area contributed by atoms with Crippen LogP contribution in [-0.2, 0) is 4.79 Å². The van der Waals surface area contributed by atoms with Crippen molar-refractivity contribution in [3.8, 4) is 0 Å². The van der Waals surface area contributed by atoms with Gasteiger partial charge in [-0.05, 0) is 18.2 Å². The summed E-state index contributed by atoms with van der Waals surface area (Å²) in [5, 5.41) is 5.88. The minimum atomic E-state index is -0.0722. The van der Waals surface area contributed by atoms with Gasteiger partial charge in [0, 0.05) is 29.3 Å². The van der Waals surface area contributed by atoms with Crippen LogP contribution in [0.4, 0.5) is 11.4 Å². The van der Waals surface area contributed by atoms with Gasteiger partial charge in [0.2, 0.25) is 5.91 Å². The molecule has 0 bridgehead atoms. The molecule has 0 atom stereocenters. The SMILES string of the molecule is C=C(Br)CNc1cccc(NC(C)=O)c1. The fraction of sp³-hybridized carbons (Fsp3) is 0.182. The molecular weight excluding hydrogens is 256 g/mol. The number of nitrogens with one attached hydrogen (secondary N) is 2. The van der Waals surface area contributed by atoms with Crippen LogP contribution in [0, 0.1) is 0 Å². The van der Waals surface area contributed by atoms with E-state index in [1.807, 2.05) is 24.3 Å². The normalized spacial score (nSPS) is 9.47. The molecule has 2 N–H and O–H groups in total. The van der Waals surface area contributed by atoms with Crippen molar-refractivity contribution in [1.29, 1.82) is 0 Å². The van der Waals surface area contributed by atoms with Gasteiger partial charge in [0.25, 0.3) is 0 Å². The van der Waals surface area contributed by atoms with Crippen molar-refractivity contribution < 1.29 is 4.79 Å². The average molecular weight is 269 g/mol. The second-order valence-electron chi connectivity index (χ2n) is 3.13. The van der Waals surface area contributed by atoms with E-state index in [0.29, 0.717) is 6.54 Å². The molecule has 0 saturated heterocycles. The molecule has 0 radical (unpaired) electrons. The number of carbonyl (C=O) groups is 1. The molecule has 1 aromatic carbocycles. The summed E-state index contributed by atoms with van der Waals surface area (Å²) in [6, 6.07) is 7.53. The van der Waals surface area contributed by atoms with Crippen molar-refractivity contribution in [3.63, 3.8) is 0 Å². The van der Waals surface area contributed by atoms with Crippen LogP contribution >= 0.6 is 15.9 Å². The molecule has 0 saturated carbocycles. The van der Waals surface area contributed by atoms with Gasteiger partial charge in [0.15, 0.2) is 0 Å². The van der Waals surface area contributed by atoms with Crippen molar-refractivity contribution in [1.82, 2.24) is 0 Å². The lowest BCUT2D eigenvalue weighted by Gasteiger charge is -2.07. The summed E-state index contributed by atoms with van der Waals surface area (Å²) in [5.41, 5.74) is 1.73. The summed E-state index contributed by atoms with van der Waals surface area (Å²) in [7, 11) is 0. The van der Waals surface area contributed by atoms with E-state index in [4.69, 9.17) is 0 Å². The molecule has 0 aromatic heterocycles. The molecule has 0 aliphatic rings. The maximum atomic E-state index is 10.8. The highest BCUT2D eigenvalue weighted by atomic mass is 79.9. The molecule has 0 spiro atoms. The van der Waals surface area contributed by atoms with Crippen LogP contribution in [0.5, 0.6) is 0 Å². The Bertz CT molecular complexity index is 377. The maximum Gasteiger partial charge on any atom is 0.221 e. The lowest BCUT2D eigenvalue weighted by Crippen LogP contribution is -2.06. The van der Waals surface area contributed by atoms with Crippen molar-refractivity contribution in [2.45, 2.75) is 6.92 Å². The average Bonchev–Trinajstić information content (AvgIpc) is 2.14. The van der Waals surface area contributed by atoms with Gasteiger partial charge in [-0.1, -0.05) is 28.6 Å². The highest BCUT2D eigenvalue weighted by Gasteiger charge is 1.97. The summed E-state index contributed by atoms with van der Waals surface area (Å²) in [6.07, 6.45) is 0. The van der Waals surface area contributed by atoms with Gasteiger partial charge in [-0.2, -0.15) is 0 Å². The van der Waals surface area contributed by atoms with Crippen molar-refractivity contribution >= 4 is 33.2 Å². The van der Waals surface area contributed by atoms with Gasteiger partial charge >= 0.3 is 0 Å². The zero-order valence-corrected chi connectivity index (χ0v) is 10.1. The molecule has 4 heteroatoms. The number of halogens is 1. The Kier molecular flexibility index (Phi) is 4.37. The molecule has 3 nitrogen and oxygen atoms in total. The Morgan fingerprint density at radius 2 is 2.13 bits per heavy atom. The van der Waals surface area contributed by atoms with E-state index in [9.17, 15) is 4.79 Å². The van der Waals surface area contributed by atoms with Gasteiger partial charge in [-0.15, -0.1) is 0 Å². The number of rotatable bonds is 4.